The standard InChI is InChI=1S/C25H22ClN3O4S/c26-20-8-11-24(33-21-4-2-1-3-5-21)23(16-20)28-25(30)19-12-14-29(15-13-19)34(31,32)22-9-6-18(17-27)7-10-22/h1-11,16,19H,12-15H2,(H,28,30). The summed E-state index contributed by atoms with van der Waals surface area (Å²) in [5.74, 6) is 0.526. The number of nitriles is 1. The SMILES string of the molecule is N#Cc1ccc(S(=O)(=O)N2CCC(C(=O)Nc3cc(Cl)ccc3Oc3ccccc3)CC2)cc1. The average Bonchev–Trinajstić information content (AvgIpc) is 2.86. The summed E-state index contributed by atoms with van der Waals surface area (Å²) in [6.07, 6.45) is 0.771. The number of para-hydroxylation sites is 1. The predicted octanol–water partition coefficient (Wildman–Crippen LogP) is 5.04. The van der Waals surface area contributed by atoms with Crippen LogP contribution in [0, 0.1) is 17.2 Å². The molecular formula is C25H22ClN3O4S. The average molecular weight is 496 g/mol. The van der Waals surface area contributed by atoms with Gasteiger partial charge in [0.25, 0.3) is 0 Å². The lowest BCUT2D eigenvalue weighted by Gasteiger charge is -2.30. The van der Waals surface area contributed by atoms with Gasteiger partial charge in [0.1, 0.15) is 5.75 Å². The maximum absolute atomic E-state index is 13.0. The van der Waals surface area contributed by atoms with Crippen LogP contribution in [0.4, 0.5) is 5.69 Å². The molecular weight excluding hydrogens is 474 g/mol. The van der Waals surface area contributed by atoms with Crippen LogP contribution in [0.5, 0.6) is 11.5 Å². The minimum absolute atomic E-state index is 0.135. The third kappa shape index (κ3) is 5.39. The van der Waals surface area contributed by atoms with Gasteiger partial charge in [-0.1, -0.05) is 29.8 Å². The summed E-state index contributed by atoms with van der Waals surface area (Å²) < 4.78 is 33.1. The highest BCUT2D eigenvalue weighted by atomic mass is 35.5. The number of nitrogens with zero attached hydrogens (tertiary/aromatic N) is 2. The van der Waals surface area contributed by atoms with Gasteiger partial charge in [0, 0.05) is 24.0 Å². The Morgan fingerprint density at radius 3 is 2.35 bits per heavy atom. The fourth-order valence-corrected chi connectivity index (χ4v) is 5.39. The molecule has 1 fully saturated rings. The topological polar surface area (TPSA) is 99.5 Å². The van der Waals surface area contributed by atoms with E-state index in [2.05, 4.69) is 5.32 Å². The Hall–Kier alpha value is -3.38. The van der Waals surface area contributed by atoms with Crippen molar-refractivity contribution >= 4 is 33.2 Å². The molecule has 0 atom stereocenters. The van der Waals surface area contributed by atoms with E-state index in [4.69, 9.17) is 21.6 Å². The van der Waals surface area contributed by atoms with E-state index in [0.29, 0.717) is 40.6 Å². The maximum atomic E-state index is 13.0. The van der Waals surface area contributed by atoms with E-state index >= 15 is 0 Å². The number of anilines is 1. The molecule has 174 valence electrons. The zero-order chi connectivity index (χ0) is 24.1. The number of carbonyl (C=O) groups is 1. The molecule has 0 saturated carbocycles. The lowest BCUT2D eigenvalue weighted by atomic mass is 9.97. The number of halogens is 1. The van der Waals surface area contributed by atoms with Gasteiger partial charge < -0.3 is 10.1 Å². The number of ether oxygens (including phenoxy) is 1. The maximum Gasteiger partial charge on any atom is 0.243 e. The molecule has 1 aliphatic rings. The van der Waals surface area contributed by atoms with E-state index in [1.54, 1.807) is 18.2 Å². The summed E-state index contributed by atoms with van der Waals surface area (Å²) in [4.78, 5) is 13.1. The van der Waals surface area contributed by atoms with Gasteiger partial charge in [0.05, 0.1) is 22.2 Å². The fraction of sp³-hybridized carbons (Fsp3) is 0.200. The number of rotatable bonds is 6. The second-order valence-electron chi connectivity index (χ2n) is 7.86. The van der Waals surface area contributed by atoms with E-state index in [1.165, 1.54) is 28.6 Å². The molecule has 1 amide bonds. The number of hydrogen-bond acceptors (Lipinski definition) is 5. The summed E-state index contributed by atoms with van der Waals surface area (Å²) in [6.45, 7) is 0.451. The second kappa shape index (κ2) is 10.3. The smallest absolute Gasteiger partial charge is 0.243 e. The number of nitrogens with one attached hydrogen (secondary N) is 1. The Labute approximate surface area is 203 Å². The van der Waals surface area contributed by atoms with Gasteiger partial charge >= 0.3 is 0 Å². The van der Waals surface area contributed by atoms with Gasteiger partial charge in [0.2, 0.25) is 15.9 Å². The Bertz CT molecular complexity index is 1310. The normalized spacial score (nSPS) is 14.8. The van der Waals surface area contributed by atoms with Crippen molar-refractivity contribution in [2.45, 2.75) is 17.7 Å². The lowest BCUT2D eigenvalue weighted by molar-refractivity contribution is -0.120. The van der Waals surface area contributed by atoms with Crippen LogP contribution in [-0.4, -0.2) is 31.7 Å². The number of carbonyl (C=O) groups excluding carboxylic acids is 1. The molecule has 0 radical (unpaired) electrons. The summed E-state index contributed by atoms with van der Waals surface area (Å²) >= 11 is 6.14. The molecule has 1 aliphatic heterocycles. The van der Waals surface area contributed by atoms with Gasteiger partial charge in [0.15, 0.2) is 5.75 Å². The molecule has 0 aliphatic carbocycles. The van der Waals surface area contributed by atoms with Crippen LogP contribution in [0.3, 0.4) is 0 Å². The van der Waals surface area contributed by atoms with Crippen LogP contribution in [0.15, 0.2) is 77.7 Å². The van der Waals surface area contributed by atoms with Crippen molar-refractivity contribution in [3.05, 3.63) is 83.4 Å². The zero-order valence-electron chi connectivity index (χ0n) is 18.1. The zero-order valence-corrected chi connectivity index (χ0v) is 19.7. The third-order valence-corrected chi connectivity index (χ3v) is 7.76. The predicted molar refractivity (Wildman–Crippen MR) is 129 cm³/mol. The summed E-state index contributed by atoms with van der Waals surface area (Å²) in [6, 6.07) is 22.0. The van der Waals surface area contributed by atoms with E-state index in [9.17, 15) is 13.2 Å². The molecule has 0 spiro atoms. The van der Waals surface area contributed by atoms with Gasteiger partial charge in [-0.05, 0) is 67.4 Å². The Kier molecular flexibility index (Phi) is 7.17. The van der Waals surface area contributed by atoms with Crippen LogP contribution in [0.1, 0.15) is 18.4 Å². The highest BCUT2D eigenvalue weighted by molar-refractivity contribution is 7.89. The number of sulfonamides is 1. The molecule has 0 aromatic heterocycles. The first-order valence-corrected chi connectivity index (χ1v) is 12.5. The van der Waals surface area contributed by atoms with Crippen molar-refractivity contribution in [3.8, 4) is 17.6 Å². The minimum atomic E-state index is -3.69. The Morgan fingerprint density at radius 1 is 1.03 bits per heavy atom. The Morgan fingerprint density at radius 2 is 1.71 bits per heavy atom. The van der Waals surface area contributed by atoms with Gasteiger partial charge in [-0.15, -0.1) is 0 Å². The second-order valence-corrected chi connectivity index (χ2v) is 10.2. The molecule has 1 N–H and O–H groups in total. The summed E-state index contributed by atoms with van der Waals surface area (Å²) in [5.41, 5.74) is 0.847. The first-order chi connectivity index (χ1) is 16.4. The number of piperidine rings is 1. The molecule has 7 nitrogen and oxygen atoms in total. The van der Waals surface area contributed by atoms with Crippen molar-refractivity contribution in [2.75, 3.05) is 18.4 Å². The third-order valence-electron chi connectivity index (χ3n) is 5.62. The van der Waals surface area contributed by atoms with Crippen molar-refractivity contribution in [3.63, 3.8) is 0 Å². The van der Waals surface area contributed by atoms with Gasteiger partial charge in [-0.2, -0.15) is 9.57 Å². The van der Waals surface area contributed by atoms with Crippen LogP contribution in [0.2, 0.25) is 5.02 Å². The first-order valence-electron chi connectivity index (χ1n) is 10.7. The van der Waals surface area contributed by atoms with Crippen molar-refractivity contribution in [2.24, 2.45) is 5.92 Å². The monoisotopic (exact) mass is 495 g/mol. The number of amides is 1. The fourth-order valence-electron chi connectivity index (χ4n) is 3.75. The van der Waals surface area contributed by atoms with Crippen molar-refractivity contribution in [1.82, 2.24) is 4.31 Å². The van der Waals surface area contributed by atoms with Crippen LogP contribution < -0.4 is 10.1 Å². The van der Waals surface area contributed by atoms with E-state index < -0.39 is 10.0 Å². The highest BCUT2D eigenvalue weighted by Crippen LogP contribution is 2.33. The largest absolute Gasteiger partial charge is 0.455 e. The number of benzene rings is 3. The number of hydrogen-bond donors (Lipinski definition) is 1. The highest BCUT2D eigenvalue weighted by Gasteiger charge is 2.32. The molecule has 3 aromatic carbocycles. The Balaban J connectivity index is 1.41. The molecule has 0 unspecified atom stereocenters. The van der Waals surface area contributed by atoms with Gasteiger partial charge in [-0.25, -0.2) is 8.42 Å². The summed E-state index contributed by atoms with van der Waals surface area (Å²) in [5, 5.41) is 12.3. The molecule has 3 aromatic rings. The lowest BCUT2D eigenvalue weighted by Crippen LogP contribution is -2.41. The van der Waals surface area contributed by atoms with E-state index in [1.807, 2.05) is 36.4 Å². The van der Waals surface area contributed by atoms with E-state index in [0.717, 1.165) is 0 Å². The molecule has 9 heteroatoms. The van der Waals surface area contributed by atoms with Gasteiger partial charge in [-0.3, -0.25) is 4.79 Å². The first kappa shape index (κ1) is 23.8. The van der Waals surface area contributed by atoms with E-state index in [-0.39, 0.29) is 29.8 Å². The van der Waals surface area contributed by atoms with Crippen LogP contribution in [-0.2, 0) is 14.8 Å². The van der Waals surface area contributed by atoms with Crippen molar-refractivity contribution in [1.29, 1.82) is 5.26 Å². The quantitative estimate of drug-likeness (QED) is 0.516. The molecule has 4 rings (SSSR count). The molecule has 0 bridgehead atoms. The molecule has 34 heavy (non-hydrogen) atoms. The summed E-state index contributed by atoms with van der Waals surface area (Å²) in [7, 11) is -3.69. The van der Waals surface area contributed by atoms with Crippen LogP contribution >= 0.6 is 11.6 Å². The molecule has 1 heterocycles. The molecule has 1 saturated heterocycles. The van der Waals surface area contributed by atoms with Crippen LogP contribution in [0.25, 0.3) is 0 Å². The van der Waals surface area contributed by atoms with Crippen molar-refractivity contribution < 1.29 is 17.9 Å². The minimum Gasteiger partial charge on any atom is -0.455 e.